The molecule has 1 saturated heterocycles. The summed E-state index contributed by atoms with van der Waals surface area (Å²) in [6.07, 6.45) is 0.869. The molecule has 0 aromatic heterocycles. The lowest BCUT2D eigenvalue weighted by Gasteiger charge is -2.31. The molecule has 0 bridgehead atoms. The van der Waals surface area contributed by atoms with Gasteiger partial charge in [-0.1, -0.05) is 39.8 Å². The molecule has 1 aromatic carbocycles. The quantitative estimate of drug-likeness (QED) is 0.852. The number of nitrogens with zero attached hydrogens (tertiary/aromatic N) is 1. The van der Waals surface area contributed by atoms with Crippen molar-refractivity contribution in [2.45, 2.75) is 19.0 Å². The van der Waals surface area contributed by atoms with Crippen LogP contribution in [0.5, 0.6) is 0 Å². The van der Waals surface area contributed by atoms with Crippen LogP contribution in [-0.2, 0) is 17.8 Å². The topological polar surface area (TPSA) is 49.4 Å². The van der Waals surface area contributed by atoms with E-state index in [4.69, 9.17) is 0 Å². The summed E-state index contributed by atoms with van der Waals surface area (Å²) >= 11 is 4.72. The predicted octanol–water partition coefficient (Wildman–Crippen LogP) is 2.16. The largest absolute Gasteiger partial charge is 0.336 e. The number of carbonyl (C=O) groups excluding carboxylic acids is 2. The lowest BCUT2D eigenvalue weighted by atomic mass is 9.99. The molecular formula is C13H13BrN2O2S. The third-order valence-corrected chi connectivity index (χ3v) is 5.12. The average Bonchev–Trinajstić information content (AvgIpc) is 2.85. The number of fused-ring (bicyclic) bond motifs is 1. The molecule has 2 heterocycles. The molecule has 2 aliphatic heterocycles. The van der Waals surface area contributed by atoms with Crippen molar-refractivity contribution in [2.24, 2.45) is 0 Å². The zero-order valence-corrected chi connectivity index (χ0v) is 12.6. The molecule has 3 rings (SSSR count). The molecule has 0 spiro atoms. The van der Waals surface area contributed by atoms with Crippen LogP contribution < -0.4 is 5.32 Å². The minimum absolute atomic E-state index is 0.0275. The minimum Gasteiger partial charge on any atom is -0.336 e. The maximum atomic E-state index is 12.3. The average molecular weight is 341 g/mol. The highest BCUT2D eigenvalue weighted by Crippen LogP contribution is 2.27. The van der Waals surface area contributed by atoms with Gasteiger partial charge < -0.3 is 10.2 Å². The van der Waals surface area contributed by atoms with E-state index in [9.17, 15) is 9.59 Å². The number of hydrogen-bond donors (Lipinski definition) is 1. The number of thioether (sulfide) groups is 1. The highest BCUT2D eigenvalue weighted by atomic mass is 79.9. The first kappa shape index (κ1) is 13.0. The second kappa shape index (κ2) is 5.17. The fourth-order valence-corrected chi connectivity index (χ4v) is 3.77. The fraction of sp³-hybridized carbons (Fsp3) is 0.385. The Labute approximate surface area is 124 Å². The van der Waals surface area contributed by atoms with Gasteiger partial charge in [0.2, 0.25) is 5.91 Å². The lowest BCUT2D eigenvalue weighted by Crippen LogP contribution is -2.47. The van der Waals surface area contributed by atoms with Crippen molar-refractivity contribution in [2.75, 3.05) is 12.3 Å². The van der Waals surface area contributed by atoms with Crippen LogP contribution in [0.4, 0.5) is 4.79 Å². The van der Waals surface area contributed by atoms with Crippen molar-refractivity contribution in [1.82, 2.24) is 10.2 Å². The van der Waals surface area contributed by atoms with E-state index >= 15 is 0 Å². The monoisotopic (exact) mass is 340 g/mol. The summed E-state index contributed by atoms with van der Waals surface area (Å²) in [5.74, 6) is 0.566. The van der Waals surface area contributed by atoms with E-state index in [-0.39, 0.29) is 17.2 Å². The number of rotatable bonds is 1. The Hall–Kier alpha value is -1.01. The molecule has 1 aromatic rings. The SMILES string of the molecule is O=C1N[C@@H](C(=O)N2CCc3cccc(Br)c3C2)CS1. The van der Waals surface area contributed by atoms with E-state index in [1.165, 1.54) is 22.9 Å². The van der Waals surface area contributed by atoms with Gasteiger partial charge in [0, 0.05) is 23.3 Å². The molecule has 0 unspecified atom stereocenters. The van der Waals surface area contributed by atoms with E-state index < -0.39 is 0 Å². The summed E-state index contributed by atoms with van der Waals surface area (Å²) in [6.45, 7) is 1.34. The Bertz CT molecular complexity index is 549. The van der Waals surface area contributed by atoms with Crippen LogP contribution in [0.3, 0.4) is 0 Å². The Morgan fingerprint density at radius 2 is 2.32 bits per heavy atom. The molecule has 0 saturated carbocycles. The maximum Gasteiger partial charge on any atom is 0.279 e. The Morgan fingerprint density at radius 3 is 3.05 bits per heavy atom. The van der Waals surface area contributed by atoms with Gasteiger partial charge in [-0.15, -0.1) is 0 Å². The second-order valence-corrected chi connectivity index (χ2v) is 6.53. The van der Waals surface area contributed by atoms with Gasteiger partial charge in [0.05, 0.1) is 0 Å². The number of hydrogen-bond acceptors (Lipinski definition) is 3. The number of amides is 2. The molecule has 2 amide bonds. The van der Waals surface area contributed by atoms with E-state index in [0.717, 1.165) is 17.4 Å². The Kier molecular flexibility index (Phi) is 3.54. The molecule has 1 fully saturated rings. The van der Waals surface area contributed by atoms with Crippen molar-refractivity contribution >= 4 is 38.8 Å². The van der Waals surface area contributed by atoms with E-state index in [1.54, 1.807) is 0 Å². The number of halogens is 1. The molecular weight excluding hydrogens is 328 g/mol. The van der Waals surface area contributed by atoms with Crippen LogP contribution in [0.1, 0.15) is 11.1 Å². The summed E-state index contributed by atoms with van der Waals surface area (Å²) in [4.78, 5) is 25.4. The Morgan fingerprint density at radius 1 is 1.47 bits per heavy atom. The summed E-state index contributed by atoms with van der Waals surface area (Å²) in [5.41, 5.74) is 2.47. The molecule has 1 N–H and O–H groups in total. The fourth-order valence-electron chi connectivity index (χ4n) is 2.47. The van der Waals surface area contributed by atoms with Crippen LogP contribution in [-0.4, -0.2) is 34.4 Å². The van der Waals surface area contributed by atoms with Crippen molar-refractivity contribution in [1.29, 1.82) is 0 Å². The smallest absolute Gasteiger partial charge is 0.279 e. The first-order valence-corrected chi connectivity index (χ1v) is 7.91. The van der Waals surface area contributed by atoms with E-state index in [0.29, 0.717) is 12.3 Å². The van der Waals surface area contributed by atoms with Crippen LogP contribution in [0.2, 0.25) is 0 Å². The van der Waals surface area contributed by atoms with E-state index in [2.05, 4.69) is 27.3 Å². The van der Waals surface area contributed by atoms with Crippen LogP contribution in [0.25, 0.3) is 0 Å². The highest BCUT2D eigenvalue weighted by Gasteiger charge is 2.33. The lowest BCUT2D eigenvalue weighted by molar-refractivity contribution is -0.133. The van der Waals surface area contributed by atoms with Crippen LogP contribution >= 0.6 is 27.7 Å². The third-order valence-electron chi connectivity index (χ3n) is 3.50. The zero-order chi connectivity index (χ0) is 13.4. The van der Waals surface area contributed by atoms with Gasteiger partial charge in [0.15, 0.2) is 0 Å². The molecule has 100 valence electrons. The molecule has 6 heteroatoms. The first-order valence-electron chi connectivity index (χ1n) is 6.13. The normalized spacial score (nSPS) is 22.1. The molecule has 1 atom stereocenters. The molecule has 19 heavy (non-hydrogen) atoms. The van der Waals surface area contributed by atoms with Crippen LogP contribution in [0, 0.1) is 0 Å². The number of carbonyl (C=O) groups is 2. The molecule has 2 aliphatic rings. The standard InChI is InChI=1S/C13H13BrN2O2S/c14-10-3-1-2-8-4-5-16(6-9(8)10)12(17)11-7-19-13(18)15-11/h1-3,11H,4-7H2,(H,15,18)/t11-/m1/s1. The number of nitrogens with one attached hydrogen (secondary N) is 1. The number of benzene rings is 1. The maximum absolute atomic E-state index is 12.3. The predicted molar refractivity (Wildman–Crippen MR) is 78.0 cm³/mol. The van der Waals surface area contributed by atoms with E-state index in [1.807, 2.05) is 17.0 Å². The summed E-state index contributed by atoms with van der Waals surface area (Å²) in [6, 6.07) is 5.77. The summed E-state index contributed by atoms with van der Waals surface area (Å²) in [7, 11) is 0. The van der Waals surface area contributed by atoms with Crippen molar-refractivity contribution < 1.29 is 9.59 Å². The van der Waals surface area contributed by atoms with Gasteiger partial charge in [-0.25, -0.2) is 0 Å². The molecule has 4 nitrogen and oxygen atoms in total. The van der Waals surface area contributed by atoms with Gasteiger partial charge in [-0.05, 0) is 23.6 Å². The van der Waals surface area contributed by atoms with Gasteiger partial charge in [0.25, 0.3) is 5.24 Å². The van der Waals surface area contributed by atoms with Gasteiger partial charge in [-0.3, -0.25) is 9.59 Å². The van der Waals surface area contributed by atoms with Crippen molar-refractivity contribution in [3.63, 3.8) is 0 Å². The third kappa shape index (κ3) is 2.51. The van der Waals surface area contributed by atoms with Crippen molar-refractivity contribution in [3.8, 4) is 0 Å². The van der Waals surface area contributed by atoms with Crippen LogP contribution in [0.15, 0.2) is 22.7 Å². The molecule has 0 radical (unpaired) electrons. The van der Waals surface area contributed by atoms with Gasteiger partial charge >= 0.3 is 0 Å². The molecule has 0 aliphatic carbocycles. The highest BCUT2D eigenvalue weighted by molar-refractivity contribution is 9.10. The van der Waals surface area contributed by atoms with Gasteiger partial charge in [0.1, 0.15) is 6.04 Å². The second-order valence-electron chi connectivity index (χ2n) is 4.68. The summed E-state index contributed by atoms with van der Waals surface area (Å²) < 4.78 is 1.05. The van der Waals surface area contributed by atoms with Crippen molar-refractivity contribution in [3.05, 3.63) is 33.8 Å². The van der Waals surface area contributed by atoms with Gasteiger partial charge in [-0.2, -0.15) is 0 Å². The summed E-state index contributed by atoms with van der Waals surface area (Å²) in [5, 5.41) is 2.61. The Balaban J connectivity index is 1.76. The zero-order valence-electron chi connectivity index (χ0n) is 10.2. The minimum atomic E-state index is -0.360. The first-order chi connectivity index (χ1) is 9.15.